The predicted octanol–water partition coefficient (Wildman–Crippen LogP) is 1.65. The highest BCUT2D eigenvalue weighted by Gasteiger charge is 2.31. The first-order valence-corrected chi connectivity index (χ1v) is 7.36. The zero-order valence-corrected chi connectivity index (χ0v) is 12.1. The minimum absolute atomic E-state index is 0.0177. The van der Waals surface area contributed by atoms with Crippen LogP contribution < -0.4 is 5.32 Å². The standard InChI is InChI=1S/C14H22N6/c1-3-5-19-9-12-14(20(10-19)6-4-2)18-13(17-12)11-7-15-16-8-11/h7-9,13,17H,3-6,10H2,1-2H3,(H,15,16). The Morgan fingerprint density at radius 1 is 1.30 bits per heavy atom. The van der Waals surface area contributed by atoms with Crippen molar-refractivity contribution in [3.8, 4) is 0 Å². The van der Waals surface area contributed by atoms with Gasteiger partial charge in [0.15, 0.2) is 5.84 Å². The van der Waals surface area contributed by atoms with Crippen molar-refractivity contribution in [3.05, 3.63) is 29.9 Å². The summed E-state index contributed by atoms with van der Waals surface area (Å²) in [6, 6.07) is 0. The van der Waals surface area contributed by atoms with Crippen LogP contribution in [0.5, 0.6) is 0 Å². The van der Waals surface area contributed by atoms with Crippen molar-refractivity contribution in [2.24, 2.45) is 4.99 Å². The molecule has 1 unspecified atom stereocenters. The normalized spacial score (nSPS) is 21.4. The van der Waals surface area contributed by atoms with Crippen molar-refractivity contribution in [3.63, 3.8) is 0 Å². The van der Waals surface area contributed by atoms with E-state index >= 15 is 0 Å². The summed E-state index contributed by atoms with van der Waals surface area (Å²) in [6.07, 6.45) is 8.19. The molecule has 0 fully saturated rings. The monoisotopic (exact) mass is 274 g/mol. The lowest BCUT2D eigenvalue weighted by molar-refractivity contribution is 0.235. The van der Waals surface area contributed by atoms with Crippen LogP contribution in [-0.4, -0.2) is 45.6 Å². The number of aliphatic imine (C=N–C) groups is 1. The maximum Gasteiger partial charge on any atom is 0.152 e. The van der Waals surface area contributed by atoms with Gasteiger partial charge in [0.05, 0.1) is 18.6 Å². The average Bonchev–Trinajstić information content (AvgIpc) is 3.08. The van der Waals surface area contributed by atoms with Gasteiger partial charge in [0.25, 0.3) is 0 Å². The number of aromatic nitrogens is 2. The molecule has 20 heavy (non-hydrogen) atoms. The molecule has 0 spiro atoms. The Bertz CT molecular complexity index is 504. The van der Waals surface area contributed by atoms with E-state index in [1.165, 1.54) is 0 Å². The molecule has 1 aromatic rings. The lowest BCUT2D eigenvalue weighted by atomic mass is 10.2. The fraction of sp³-hybridized carbons (Fsp3) is 0.571. The van der Waals surface area contributed by atoms with Gasteiger partial charge in [-0.1, -0.05) is 13.8 Å². The van der Waals surface area contributed by atoms with E-state index in [9.17, 15) is 0 Å². The van der Waals surface area contributed by atoms with Gasteiger partial charge in [-0.3, -0.25) is 5.10 Å². The van der Waals surface area contributed by atoms with Crippen LogP contribution in [-0.2, 0) is 0 Å². The van der Waals surface area contributed by atoms with Gasteiger partial charge in [0.1, 0.15) is 6.17 Å². The molecular weight excluding hydrogens is 252 g/mol. The van der Waals surface area contributed by atoms with Crippen LogP contribution in [0.2, 0.25) is 0 Å². The maximum atomic E-state index is 4.82. The number of amidine groups is 1. The van der Waals surface area contributed by atoms with Gasteiger partial charge < -0.3 is 15.1 Å². The van der Waals surface area contributed by atoms with Gasteiger partial charge in [0, 0.05) is 31.0 Å². The minimum atomic E-state index is -0.0177. The van der Waals surface area contributed by atoms with Crippen molar-refractivity contribution in [2.75, 3.05) is 19.8 Å². The van der Waals surface area contributed by atoms with E-state index < -0.39 is 0 Å². The Balaban J connectivity index is 1.85. The van der Waals surface area contributed by atoms with Gasteiger partial charge in [-0.2, -0.15) is 5.10 Å². The molecule has 0 aromatic carbocycles. The number of aromatic amines is 1. The summed E-state index contributed by atoms with van der Waals surface area (Å²) in [5.41, 5.74) is 2.20. The molecule has 1 atom stereocenters. The first kappa shape index (κ1) is 13.0. The highest BCUT2D eigenvalue weighted by molar-refractivity contribution is 6.00. The second-order valence-electron chi connectivity index (χ2n) is 5.29. The van der Waals surface area contributed by atoms with Gasteiger partial charge in [0.2, 0.25) is 0 Å². The molecule has 0 aliphatic carbocycles. The molecule has 2 aliphatic heterocycles. The van der Waals surface area contributed by atoms with E-state index in [1.807, 2.05) is 12.4 Å². The van der Waals surface area contributed by atoms with Gasteiger partial charge >= 0.3 is 0 Å². The number of fused-ring (bicyclic) bond motifs is 1. The van der Waals surface area contributed by atoms with E-state index in [2.05, 4.69) is 45.4 Å². The van der Waals surface area contributed by atoms with Crippen molar-refractivity contribution < 1.29 is 0 Å². The Morgan fingerprint density at radius 3 is 2.85 bits per heavy atom. The summed E-state index contributed by atoms with van der Waals surface area (Å²) >= 11 is 0. The van der Waals surface area contributed by atoms with E-state index in [4.69, 9.17) is 4.99 Å². The maximum absolute atomic E-state index is 4.82. The molecule has 6 heteroatoms. The van der Waals surface area contributed by atoms with Crippen LogP contribution in [0.3, 0.4) is 0 Å². The molecule has 0 radical (unpaired) electrons. The van der Waals surface area contributed by atoms with Crippen LogP contribution in [0, 0.1) is 0 Å². The van der Waals surface area contributed by atoms with Crippen LogP contribution in [0.15, 0.2) is 29.3 Å². The molecular formula is C14H22N6. The van der Waals surface area contributed by atoms with Crippen LogP contribution in [0.25, 0.3) is 0 Å². The van der Waals surface area contributed by atoms with Crippen molar-refractivity contribution in [1.29, 1.82) is 0 Å². The highest BCUT2D eigenvalue weighted by Crippen LogP contribution is 2.26. The Kier molecular flexibility index (Phi) is 3.62. The minimum Gasteiger partial charge on any atom is -0.358 e. The molecule has 0 bridgehead atoms. The second kappa shape index (κ2) is 5.56. The van der Waals surface area contributed by atoms with Gasteiger partial charge in [-0.25, -0.2) is 4.99 Å². The number of hydrogen-bond acceptors (Lipinski definition) is 5. The van der Waals surface area contributed by atoms with E-state index in [1.54, 1.807) is 0 Å². The molecule has 1 aromatic heterocycles. The third-order valence-corrected chi connectivity index (χ3v) is 3.59. The Hall–Kier alpha value is -1.98. The van der Waals surface area contributed by atoms with E-state index in [0.717, 1.165) is 49.7 Å². The molecule has 3 rings (SSSR count). The largest absolute Gasteiger partial charge is 0.358 e. The third-order valence-electron chi connectivity index (χ3n) is 3.59. The molecule has 108 valence electrons. The lowest BCUT2D eigenvalue weighted by Gasteiger charge is -2.35. The van der Waals surface area contributed by atoms with Gasteiger partial charge in [-0.15, -0.1) is 0 Å². The summed E-state index contributed by atoms with van der Waals surface area (Å²) in [5.74, 6) is 1.09. The van der Waals surface area contributed by atoms with E-state index in [-0.39, 0.29) is 6.17 Å². The molecule has 0 saturated carbocycles. The molecule has 6 nitrogen and oxygen atoms in total. The summed E-state index contributed by atoms with van der Waals surface area (Å²) in [5, 5.41) is 10.3. The SMILES string of the molecule is CCCN1C=C2NC(c3cn[nH]c3)N=C2N(CCC)C1. The number of H-pyrrole nitrogens is 1. The van der Waals surface area contributed by atoms with Crippen LogP contribution in [0.1, 0.15) is 38.4 Å². The summed E-state index contributed by atoms with van der Waals surface area (Å²) < 4.78 is 0. The topological polar surface area (TPSA) is 59.6 Å². The summed E-state index contributed by atoms with van der Waals surface area (Å²) in [6.45, 7) is 7.47. The zero-order valence-electron chi connectivity index (χ0n) is 12.1. The summed E-state index contributed by atoms with van der Waals surface area (Å²) in [7, 11) is 0. The molecule has 0 saturated heterocycles. The van der Waals surface area contributed by atoms with Crippen molar-refractivity contribution in [2.45, 2.75) is 32.9 Å². The fourth-order valence-electron chi connectivity index (χ4n) is 2.73. The van der Waals surface area contributed by atoms with Crippen LogP contribution in [0.4, 0.5) is 0 Å². The number of nitrogens with one attached hydrogen (secondary N) is 2. The fourth-order valence-corrected chi connectivity index (χ4v) is 2.73. The van der Waals surface area contributed by atoms with E-state index in [0.29, 0.717) is 0 Å². The third kappa shape index (κ3) is 2.37. The average molecular weight is 274 g/mol. The first-order chi connectivity index (χ1) is 9.81. The quantitative estimate of drug-likeness (QED) is 0.857. The second-order valence-corrected chi connectivity index (χ2v) is 5.29. The predicted molar refractivity (Wildman–Crippen MR) is 78.8 cm³/mol. The smallest absolute Gasteiger partial charge is 0.152 e. The zero-order chi connectivity index (χ0) is 13.9. The van der Waals surface area contributed by atoms with Crippen molar-refractivity contribution in [1.82, 2.24) is 25.3 Å². The molecule has 2 aliphatic rings. The molecule has 3 heterocycles. The highest BCUT2D eigenvalue weighted by atomic mass is 15.4. The first-order valence-electron chi connectivity index (χ1n) is 7.36. The number of nitrogens with zero attached hydrogens (tertiary/aromatic N) is 4. The lowest BCUT2D eigenvalue weighted by Crippen LogP contribution is -2.45. The van der Waals surface area contributed by atoms with Gasteiger partial charge in [-0.05, 0) is 12.8 Å². The Labute approximate surface area is 119 Å². The van der Waals surface area contributed by atoms with Crippen LogP contribution >= 0.6 is 0 Å². The summed E-state index contributed by atoms with van der Waals surface area (Å²) in [4.78, 5) is 9.54. The Morgan fingerprint density at radius 2 is 2.15 bits per heavy atom. The number of rotatable bonds is 5. The number of hydrogen-bond donors (Lipinski definition) is 2. The molecule has 0 amide bonds. The van der Waals surface area contributed by atoms with Crippen molar-refractivity contribution >= 4 is 5.84 Å². The molecule has 2 N–H and O–H groups in total.